The molecule has 0 aliphatic heterocycles. The molecule has 134 valence electrons. The number of benzene rings is 2. The molecule has 1 aromatic heterocycles. The molecular formula is C22H21ClFNO. The van der Waals surface area contributed by atoms with Crippen LogP contribution in [0.3, 0.4) is 0 Å². The van der Waals surface area contributed by atoms with Gasteiger partial charge in [0.05, 0.1) is 0 Å². The molecule has 0 N–H and O–H groups in total. The standard InChI is InChI=1S/C22H21ClFNO/c23-17-7-5-15(6-8-17)14-25-21-10-9-18(24)13-20(21)19-4-2-1-3-16(11-12-26)22(19)25/h5-10,12-13,16H,1-4,11,14H2. The first-order valence-electron chi connectivity index (χ1n) is 9.16. The fraction of sp³-hybridized carbons (Fsp3) is 0.318. The molecule has 1 atom stereocenters. The number of aryl methyl sites for hydroxylation is 1. The third-order valence-corrected chi connectivity index (χ3v) is 5.68. The van der Waals surface area contributed by atoms with Crippen LogP contribution in [0.15, 0.2) is 42.5 Å². The first-order valence-corrected chi connectivity index (χ1v) is 9.54. The number of fused-ring (bicyclic) bond motifs is 3. The molecule has 4 heteroatoms. The number of carbonyl (C=O) groups excluding carboxylic acids is 1. The first-order chi connectivity index (χ1) is 12.7. The summed E-state index contributed by atoms with van der Waals surface area (Å²) >= 11 is 6.02. The van der Waals surface area contributed by atoms with E-state index in [-0.39, 0.29) is 11.7 Å². The largest absolute Gasteiger partial charge is 0.340 e. The molecule has 0 bridgehead atoms. The average molecular weight is 370 g/mol. The van der Waals surface area contributed by atoms with Gasteiger partial charge in [-0.3, -0.25) is 0 Å². The van der Waals surface area contributed by atoms with E-state index in [9.17, 15) is 9.18 Å². The number of hydrogen-bond donors (Lipinski definition) is 0. The third-order valence-electron chi connectivity index (χ3n) is 5.43. The number of aldehydes is 1. The second-order valence-electron chi connectivity index (χ2n) is 7.08. The fourth-order valence-corrected chi connectivity index (χ4v) is 4.39. The average Bonchev–Trinajstić information content (AvgIpc) is 2.78. The number of rotatable bonds is 4. The molecular weight excluding hydrogens is 349 g/mol. The smallest absolute Gasteiger partial charge is 0.123 e. The van der Waals surface area contributed by atoms with Crippen molar-refractivity contribution in [3.8, 4) is 0 Å². The van der Waals surface area contributed by atoms with Gasteiger partial charge in [-0.15, -0.1) is 0 Å². The summed E-state index contributed by atoms with van der Waals surface area (Å²) in [6.45, 7) is 0.698. The Kier molecular flexibility index (Phi) is 4.82. The van der Waals surface area contributed by atoms with Gasteiger partial charge in [-0.2, -0.15) is 0 Å². The molecule has 1 unspecified atom stereocenters. The molecule has 1 heterocycles. The quantitative estimate of drug-likeness (QED) is 0.415. The Bertz CT molecular complexity index is 945. The Morgan fingerprint density at radius 2 is 1.96 bits per heavy atom. The number of aromatic nitrogens is 1. The number of nitrogens with zero attached hydrogens (tertiary/aromatic N) is 1. The van der Waals surface area contributed by atoms with Gasteiger partial charge in [-0.25, -0.2) is 4.39 Å². The van der Waals surface area contributed by atoms with Crippen LogP contribution in [-0.4, -0.2) is 10.9 Å². The van der Waals surface area contributed by atoms with Gasteiger partial charge in [0.2, 0.25) is 0 Å². The molecule has 0 radical (unpaired) electrons. The Morgan fingerprint density at radius 1 is 1.15 bits per heavy atom. The number of hydrogen-bond acceptors (Lipinski definition) is 1. The van der Waals surface area contributed by atoms with Crippen molar-refractivity contribution in [2.75, 3.05) is 0 Å². The highest BCUT2D eigenvalue weighted by Gasteiger charge is 2.26. The molecule has 1 aliphatic rings. The normalized spacial score (nSPS) is 17.1. The Balaban J connectivity index is 1.91. The lowest BCUT2D eigenvalue weighted by molar-refractivity contribution is -0.108. The van der Waals surface area contributed by atoms with Crippen LogP contribution in [0.1, 0.15) is 48.4 Å². The van der Waals surface area contributed by atoms with Gasteiger partial charge in [-0.05, 0) is 60.7 Å². The summed E-state index contributed by atoms with van der Waals surface area (Å²) < 4.78 is 16.2. The van der Waals surface area contributed by atoms with Crippen LogP contribution < -0.4 is 0 Å². The Morgan fingerprint density at radius 3 is 2.73 bits per heavy atom. The zero-order valence-electron chi connectivity index (χ0n) is 14.6. The van der Waals surface area contributed by atoms with Gasteiger partial charge >= 0.3 is 0 Å². The van der Waals surface area contributed by atoms with Gasteiger partial charge in [0, 0.05) is 40.5 Å². The van der Waals surface area contributed by atoms with Crippen molar-refractivity contribution < 1.29 is 9.18 Å². The topological polar surface area (TPSA) is 22.0 Å². The van der Waals surface area contributed by atoms with E-state index < -0.39 is 0 Å². The molecule has 0 spiro atoms. The minimum absolute atomic E-state index is 0.202. The molecule has 26 heavy (non-hydrogen) atoms. The van der Waals surface area contributed by atoms with Gasteiger partial charge in [-0.1, -0.05) is 30.2 Å². The predicted octanol–water partition coefficient (Wildman–Crippen LogP) is 5.88. The van der Waals surface area contributed by atoms with E-state index in [0.29, 0.717) is 18.0 Å². The molecule has 4 rings (SSSR count). The summed E-state index contributed by atoms with van der Waals surface area (Å²) in [4.78, 5) is 11.3. The second-order valence-corrected chi connectivity index (χ2v) is 7.52. The number of carbonyl (C=O) groups is 1. The van der Waals surface area contributed by atoms with Gasteiger partial charge < -0.3 is 9.36 Å². The fourth-order valence-electron chi connectivity index (χ4n) is 4.26. The van der Waals surface area contributed by atoms with Crippen LogP contribution in [0, 0.1) is 5.82 Å². The van der Waals surface area contributed by atoms with E-state index in [0.717, 1.165) is 48.4 Å². The van der Waals surface area contributed by atoms with Crippen LogP contribution >= 0.6 is 11.6 Å². The predicted molar refractivity (Wildman–Crippen MR) is 103 cm³/mol. The maximum absolute atomic E-state index is 14.0. The summed E-state index contributed by atoms with van der Waals surface area (Å²) in [6.07, 6.45) is 5.67. The van der Waals surface area contributed by atoms with Crippen LogP contribution in [-0.2, 0) is 17.8 Å². The maximum atomic E-state index is 14.0. The summed E-state index contributed by atoms with van der Waals surface area (Å²) in [5.74, 6) is -0.00658. The molecule has 0 fully saturated rings. The highest BCUT2D eigenvalue weighted by molar-refractivity contribution is 6.30. The summed E-state index contributed by atoms with van der Waals surface area (Å²) in [5, 5.41) is 1.71. The Labute approximate surface area is 157 Å². The lowest BCUT2D eigenvalue weighted by atomic mass is 9.95. The summed E-state index contributed by atoms with van der Waals surface area (Å²) in [6, 6.07) is 12.9. The van der Waals surface area contributed by atoms with E-state index in [2.05, 4.69) is 4.57 Å². The van der Waals surface area contributed by atoms with E-state index in [1.165, 1.54) is 17.3 Å². The Hall–Kier alpha value is -2.13. The van der Waals surface area contributed by atoms with Crippen LogP contribution in [0.5, 0.6) is 0 Å². The van der Waals surface area contributed by atoms with Crippen molar-refractivity contribution in [2.24, 2.45) is 0 Å². The van der Waals surface area contributed by atoms with Crippen LogP contribution in [0.2, 0.25) is 5.02 Å². The van der Waals surface area contributed by atoms with Crippen LogP contribution in [0.4, 0.5) is 4.39 Å². The molecule has 0 amide bonds. The van der Waals surface area contributed by atoms with Crippen molar-refractivity contribution in [3.63, 3.8) is 0 Å². The second kappa shape index (κ2) is 7.24. The SMILES string of the molecule is O=CCC1CCCCc2c1n(Cc1ccc(Cl)cc1)c1ccc(F)cc21. The van der Waals surface area contributed by atoms with Crippen LogP contribution in [0.25, 0.3) is 10.9 Å². The van der Waals surface area contributed by atoms with E-state index in [4.69, 9.17) is 11.6 Å². The van der Waals surface area contributed by atoms with Crippen molar-refractivity contribution in [1.82, 2.24) is 4.57 Å². The minimum Gasteiger partial charge on any atom is -0.340 e. The lowest BCUT2D eigenvalue weighted by Crippen LogP contribution is -2.10. The molecule has 2 nitrogen and oxygen atoms in total. The highest BCUT2D eigenvalue weighted by atomic mass is 35.5. The third kappa shape index (κ3) is 3.16. The number of halogens is 2. The zero-order chi connectivity index (χ0) is 18.1. The summed E-state index contributed by atoms with van der Waals surface area (Å²) in [5.41, 5.74) is 4.62. The van der Waals surface area contributed by atoms with Gasteiger partial charge in [0.15, 0.2) is 0 Å². The molecule has 0 saturated carbocycles. The van der Waals surface area contributed by atoms with Gasteiger partial charge in [0.1, 0.15) is 12.1 Å². The molecule has 3 aromatic rings. The van der Waals surface area contributed by atoms with E-state index >= 15 is 0 Å². The highest BCUT2D eigenvalue weighted by Crippen LogP contribution is 2.39. The van der Waals surface area contributed by atoms with Crippen molar-refractivity contribution in [3.05, 3.63) is 70.1 Å². The molecule has 1 aliphatic carbocycles. The van der Waals surface area contributed by atoms with Crippen molar-refractivity contribution in [1.29, 1.82) is 0 Å². The minimum atomic E-state index is -0.208. The van der Waals surface area contributed by atoms with E-state index in [1.54, 1.807) is 6.07 Å². The van der Waals surface area contributed by atoms with Crippen molar-refractivity contribution in [2.45, 2.75) is 44.6 Å². The summed E-state index contributed by atoms with van der Waals surface area (Å²) in [7, 11) is 0. The monoisotopic (exact) mass is 369 g/mol. The van der Waals surface area contributed by atoms with Crippen molar-refractivity contribution >= 4 is 28.8 Å². The van der Waals surface area contributed by atoms with E-state index in [1.807, 2.05) is 30.3 Å². The molecule has 2 aromatic carbocycles. The van der Waals surface area contributed by atoms with Gasteiger partial charge in [0.25, 0.3) is 0 Å². The maximum Gasteiger partial charge on any atom is 0.123 e. The first kappa shape index (κ1) is 17.3. The zero-order valence-corrected chi connectivity index (χ0v) is 15.3. The lowest BCUT2D eigenvalue weighted by Gasteiger charge is -2.18. The molecule has 0 saturated heterocycles.